The fraction of sp³-hybridized carbons (Fsp3) is 0.105. The molecule has 1 aliphatic heterocycles. The third-order valence-electron chi connectivity index (χ3n) is 3.71. The first kappa shape index (κ1) is 16.8. The first-order valence-electron chi connectivity index (χ1n) is 7.97. The summed E-state index contributed by atoms with van der Waals surface area (Å²) in [5.41, 5.74) is 0.906. The Morgan fingerprint density at radius 1 is 1.31 bits per heavy atom. The Labute approximate surface area is 158 Å². The van der Waals surface area contributed by atoms with Crippen LogP contribution in [-0.2, 0) is 4.79 Å². The van der Waals surface area contributed by atoms with Crippen molar-refractivity contribution < 1.29 is 9.21 Å². The molecule has 1 aromatic carbocycles. The normalized spacial score (nSPS) is 17.7. The van der Waals surface area contributed by atoms with Crippen LogP contribution in [0.3, 0.4) is 0 Å². The first-order valence-corrected chi connectivity index (χ1v) is 9.60. The van der Waals surface area contributed by atoms with Gasteiger partial charge >= 0.3 is 0 Å². The van der Waals surface area contributed by atoms with Crippen LogP contribution in [0.25, 0.3) is 16.3 Å². The lowest BCUT2D eigenvalue weighted by atomic mass is 10.3. The maximum atomic E-state index is 12.7. The molecule has 0 unspecified atom stereocenters. The van der Waals surface area contributed by atoms with Gasteiger partial charge in [0.05, 0.1) is 15.1 Å². The number of aliphatic imine (C=N–C) groups is 1. The molecule has 1 saturated heterocycles. The van der Waals surface area contributed by atoms with Crippen LogP contribution in [0.1, 0.15) is 11.5 Å². The Hall–Kier alpha value is -2.64. The zero-order chi connectivity index (χ0) is 18.1. The van der Waals surface area contributed by atoms with E-state index in [1.54, 1.807) is 17.1 Å². The summed E-state index contributed by atoms with van der Waals surface area (Å²) in [6.07, 6.45) is 3.43. The topological polar surface area (TPSA) is 58.7 Å². The number of aromatic nitrogens is 1. The van der Waals surface area contributed by atoms with E-state index in [1.165, 1.54) is 23.1 Å². The second-order valence-corrected chi connectivity index (χ2v) is 7.64. The number of carbonyl (C=O) groups is 1. The first-order chi connectivity index (χ1) is 12.6. The van der Waals surface area contributed by atoms with Crippen LogP contribution in [-0.4, -0.2) is 27.5 Å². The van der Waals surface area contributed by atoms with E-state index in [4.69, 9.17) is 4.42 Å². The van der Waals surface area contributed by atoms with E-state index in [9.17, 15) is 4.79 Å². The molecule has 0 atom stereocenters. The minimum absolute atomic E-state index is 0.108. The molecule has 4 rings (SSSR count). The van der Waals surface area contributed by atoms with Gasteiger partial charge in [0.1, 0.15) is 11.5 Å². The van der Waals surface area contributed by atoms with E-state index in [1.807, 2.05) is 43.3 Å². The largest absolute Gasteiger partial charge is 0.462 e. The van der Waals surface area contributed by atoms with Gasteiger partial charge in [-0.05, 0) is 43.0 Å². The van der Waals surface area contributed by atoms with Gasteiger partial charge in [-0.3, -0.25) is 9.69 Å². The molecule has 3 heterocycles. The van der Waals surface area contributed by atoms with Gasteiger partial charge in [0.25, 0.3) is 5.91 Å². The van der Waals surface area contributed by atoms with Gasteiger partial charge in [0.2, 0.25) is 5.13 Å². The number of fused-ring (bicyclic) bond motifs is 1. The molecule has 2 aromatic heterocycles. The molecule has 0 aliphatic carbocycles. The predicted molar refractivity (Wildman–Crippen MR) is 108 cm³/mol. The number of hydrogen-bond acceptors (Lipinski definition) is 6. The van der Waals surface area contributed by atoms with E-state index < -0.39 is 0 Å². The number of furan rings is 1. The molecule has 1 fully saturated rings. The number of nitrogens with zero attached hydrogens (tertiary/aromatic N) is 3. The number of amidine groups is 1. The quantitative estimate of drug-likeness (QED) is 0.472. The van der Waals surface area contributed by atoms with Crippen LogP contribution in [0.2, 0.25) is 0 Å². The van der Waals surface area contributed by atoms with Crippen molar-refractivity contribution >= 4 is 55.6 Å². The minimum Gasteiger partial charge on any atom is -0.462 e. The molecule has 3 aromatic rings. The lowest BCUT2D eigenvalue weighted by molar-refractivity contribution is -0.121. The fourth-order valence-electron chi connectivity index (χ4n) is 2.53. The van der Waals surface area contributed by atoms with Crippen molar-refractivity contribution in [2.75, 3.05) is 6.54 Å². The zero-order valence-corrected chi connectivity index (χ0v) is 15.6. The summed E-state index contributed by atoms with van der Waals surface area (Å²) in [5.74, 6) is 1.35. The van der Waals surface area contributed by atoms with E-state index in [2.05, 4.69) is 16.6 Å². The third-order valence-corrected chi connectivity index (χ3v) is 5.65. The molecule has 130 valence electrons. The second kappa shape index (κ2) is 6.93. The molecular formula is C19H15N3O2S2. The molecule has 0 spiro atoms. The monoisotopic (exact) mass is 381 g/mol. The number of carbonyl (C=O) groups excluding carboxylic acids is 1. The lowest BCUT2D eigenvalue weighted by Gasteiger charge is -2.11. The molecule has 26 heavy (non-hydrogen) atoms. The van der Waals surface area contributed by atoms with E-state index in [0.717, 1.165) is 16.0 Å². The van der Waals surface area contributed by atoms with Gasteiger partial charge in [-0.25, -0.2) is 4.98 Å². The molecule has 0 saturated carbocycles. The third kappa shape index (κ3) is 3.23. The van der Waals surface area contributed by atoms with Crippen LogP contribution in [0.4, 0.5) is 5.13 Å². The number of benzene rings is 1. The summed E-state index contributed by atoms with van der Waals surface area (Å²) in [7, 11) is 0. The van der Waals surface area contributed by atoms with E-state index in [-0.39, 0.29) is 5.91 Å². The molecular weight excluding hydrogens is 366 g/mol. The molecule has 1 amide bonds. The highest BCUT2D eigenvalue weighted by Crippen LogP contribution is 2.36. The maximum Gasteiger partial charge on any atom is 0.267 e. The van der Waals surface area contributed by atoms with Crippen LogP contribution in [0.5, 0.6) is 0 Å². The summed E-state index contributed by atoms with van der Waals surface area (Å²) < 4.78 is 6.62. The Kier molecular flexibility index (Phi) is 4.48. The number of rotatable bonds is 4. The van der Waals surface area contributed by atoms with Crippen molar-refractivity contribution in [2.24, 2.45) is 4.99 Å². The van der Waals surface area contributed by atoms with Gasteiger partial charge < -0.3 is 4.42 Å². The maximum absolute atomic E-state index is 12.7. The highest BCUT2D eigenvalue weighted by Gasteiger charge is 2.33. The van der Waals surface area contributed by atoms with Gasteiger partial charge in [-0.2, -0.15) is 4.99 Å². The summed E-state index contributed by atoms with van der Waals surface area (Å²) >= 11 is 2.82. The van der Waals surface area contributed by atoms with Crippen LogP contribution in [0, 0.1) is 6.92 Å². The molecule has 0 bridgehead atoms. The van der Waals surface area contributed by atoms with Gasteiger partial charge in [0, 0.05) is 12.6 Å². The number of thioether (sulfide) groups is 1. The van der Waals surface area contributed by atoms with Crippen molar-refractivity contribution in [1.82, 2.24) is 9.88 Å². The van der Waals surface area contributed by atoms with Crippen molar-refractivity contribution in [3.63, 3.8) is 0 Å². The number of thiazole rings is 1. The second-order valence-electron chi connectivity index (χ2n) is 5.62. The number of aryl methyl sites for hydroxylation is 1. The molecule has 5 nitrogen and oxygen atoms in total. The Morgan fingerprint density at radius 3 is 2.88 bits per heavy atom. The summed E-state index contributed by atoms with van der Waals surface area (Å²) in [6, 6.07) is 11.6. The Balaban J connectivity index is 1.70. The fourth-order valence-corrected chi connectivity index (χ4v) is 4.40. The van der Waals surface area contributed by atoms with Crippen LogP contribution >= 0.6 is 23.1 Å². The average Bonchev–Trinajstić information content (AvgIpc) is 3.29. The average molecular weight is 381 g/mol. The number of amides is 1. The summed E-state index contributed by atoms with van der Waals surface area (Å²) in [5, 5.41) is 1.23. The lowest BCUT2D eigenvalue weighted by Crippen LogP contribution is -2.29. The number of para-hydroxylation sites is 1. The summed E-state index contributed by atoms with van der Waals surface area (Å²) in [6.45, 7) is 6.00. The van der Waals surface area contributed by atoms with E-state index in [0.29, 0.717) is 27.5 Å². The molecule has 1 aliphatic rings. The number of hydrogen-bond donors (Lipinski definition) is 0. The summed E-state index contributed by atoms with van der Waals surface area (Å²) in [4.78, 5) is 24.0. The Morgan fingerprint density at radius 2 is 2.15 bits per heavy atom. The van der Waals surface area contributed by atoms with Gasteiger partial charge in [-0.1, -0.05) is 29.5 Å². The smallest absolute Gasteiger partial charge is 0.267 e. The van der Waals surface area contributed by atoms with Crippen LogP contribution in [0.15, 0.2) is 63.4 Å². The highest BCUT2D eigenvalue weighted by molar-refractivity contribution is 8.18. The van der Waals surface area contributed by atoms with E-state index >= 15 is 0 Å². The minimum atomic E-state index is -0.108. The van der Waals surface area contributed by atoms with Crippen molar-refractivity contribution in [3.8, 4) is 0 Å². The molecule has 0 N–H and O–H groups in total. The zero-order valence-electron chi connectivity index (χ0n) is 14.0. The van der Waals surface area contributed by atoms with Gasteiger partial charge in [-0.15, -0.1) is 6.58 Å². The highest BCUT2D eigenvalue weighted by atomic mass is 32.2. The van der Waals surface area contributed by atoms with Crippen LogP contribution < -0.4 is 0 Å². The van der Waals surface area contributed by atoms with Crippen molar-refractivity contribution in [3.05, 3.63) is 65.5 Å². The van der Waals surface area contributed by atoms with Gasteiger partial charge in [0.15, 0.2) is 5.17 Å². The standard InChI is InChI=1S/C19H15N3O2S2/c1-3-10-22-17(23)16(11-13-9-8-12(2)24-13)26-19(22)21-18-20-14-6-4-5-7-15(14)25-18/h3-9,11H,1,10H2,2H3/b16-11+,21-19+. The Bertz CT molecular complexity index is 1030. The van der Waals surface area contributed by atoms with Crippen molar-refractivity contribution in [2.45, 2.75) is 6.92 Å². The molecule has 7 heteroatoms. The predicted octanol–water partition coefficient (Wildman–Crippen LogP) is 4.99. The van der Waals surface area contributed by atoms with Crippen molar-refractivity contribution in [1.29, 1.82) is 0 Å². The molecule has 0 radical (unpaired) electrons. The SMILES string of the molecule is C=CCN1C(=O)/C(=C\c2ccc(C)o2)S/C1=N/c1nc2ccccc2s1.